The Morgan fingerprint density at radius 2 is 1.97 bits per heavy atom. The fourth-order valence-corrected chi connectivity index (χ4v) is 4.19. The zero-order valence-corrected chi connectivity index (χ0v) is 20.1. The molecule has 180 valence electrons. The maximum Gasteiger partial charge on any atom is 0.259 e. The molecular formula is C27H33N3O4. The van der Waals surface area contributed by atoms with Crippen molar-refractivity contribution in [1.82, 2.24) is 14.8 Å². The number of nitrogens with zero attached hydrogens (tertiary/aromatic N) is 3. The van der Waals surface area contributed by atoms with Gasteiger partial charge in [0, 0.05) is 31.6 Å². The molecule has 7 heteroatoms. The van der Waals surface area contributed by atoms with Crippen LogP contribution in [0.3, 0.4) is 0 Å². The minimum absolute atomic E-state index is 0.0555. The van der Waals surface area contributed by atoms with Crippen LogP contribution in [0.1, 0.15) is 48.2 Å². The van der Waals surface area contributed by atoms with Crippen LogP contribution in [0.25, 0.3) is 12.2 Å². The number of aliphatic hydroxyl groups excluding tert-OH is 1. The molecule has 1 saturated carbocycles. The summed E-state index contributed by atoms with van der Waals surface area (Å²) in [5.41, 5.74) is 2.19. The summed E-state index contributed by atoms with van der Waals surface area (Å²) < 4.78 is 6.28. The van der Waals surface area contributed by atoms with Crippen molar-refractivity contribution in [3.63, 3.8) is 0 Å². The molecule has 4 rings (SSSR count). The van der Waals surface area contributed by atoms with E-state index >= 15 is 0 Å². The minimum Gasteiger partial charge on any atom is -0.472 e. The number of pyridine rings is 1. The molecule has 1 aliphatic heterocycles. The number of aliphatic hydroxyl groups is 1. The van der Waals surface area contributed by atoms with E-state index in [1.165, 1.54) is 0 Å². The summed E-state index contributed by atoms with van der Waals surface area (Å²) in [7, 11) is 1.81. The van der Waals surface area contributed by atoms with E-state index in [1.54, 1.807) is 29.1 Å². The molecule has 1 fully saturated rings. The van der Waals surface area contributed by atoms with E-state index in [-0.39, 0.29) is 48.3 Å². The first-order chi connectivity index (χ1) is 16.4. The number of fused-ring (bicyclic) bond motifs is 1. The van der Waals surface area contributed by atoms with Crippen LogP contribution in [-0.2, 0) is 4.79 Å². The first kappa shape index (κ1) is 24.0. The first-order valence-electron chi connectivity index (χ1n) is 11.9. The fourth-order valence-electron chi connectivity index (χ4n) is 4.19. The lowest BCUT2D eigenvalue weighted by atomic mass is 9.99. The molecule has 34 heavy (non-hydrogen) atoms. The van der Waals surface area contributed by atoms with Gasteiger partial charge in [0.25, 0.3) is 5.91 Å². The Kier molecular flexibility index (Phi) is 7.32. The smallest absolute Gasteiger partial charge is 0.259 e. The van der Waals surface area contributed by atoms with Crippen LogP contribution in [-0.4, -0.2) is 70.6 Å². The number of carbonyl (C=O) groups excluding carboxylic acids is 2. The molecule has 1 N–H and O–H groups in total. The van der Waals surface area contributed by atoms with E-state index in [4.69, 9.17) is 4.74 Å². The monoisotopic (exact) mass is 463 g/mol. The van der Waals surface area contributed by atoms with Gasteiger partial charge < -0.3 is 19.6 Å². The second kappa shape index (κ2) is 10.4. The quantitative estimate of drug-likeness (QED) is 0.681. The largest absolute Gasteiger partial charge is 0.472 e. The number of benzene rings is 1. The van der Waals surface area contributed by atoms with Gasteiger partial charge in [-0.05, 0) is 37.0 Å². The molecule has 0 bridgehead atoms. The lowest BCUT2D eigenvalue weighted by Gasteiger charge is -2.37. The van der Waals surface area contributed by atoms with Crippen molar-refractivity contribution in [2.24, 2.45) is 11.8 Å². The normalized spacial score (nSPS) is 21.4. The number of rotatable bonds is 7. The molecule has 0 unspecified atom stereocenters. The highest BCUT2D eigenvalue weighted by Crippen LogP contribution is 2.32. The Labute approximate surface area is 201 Å². The Balaban J connectivity index is 1.64. The number of aromatic nitrogens is 1. The molecule has 0 saturated heterocycles. The third-order valence-corrected chi connectivity index (χ3v) is 6.57. The maximum absolute atomic E-state index is 13.5. The lowest BCUT2D eigenvalue weighted by Crippen LogP contribution is -2.50. The van der Waals surface area contributed by atoms with E-state index in [0.717, 1.165) is 24.0 Å². The number of carbonyl (C=O) groups is 2. The van der Waals surface area contributed by atoms with Crippen molar-refractivity contribution in [1.29, 1.82) is 0 Å². The van der Waals surface area contributed by atoms with Crippen LogP contribution >= 0.6 is 0 Å². The molecular weight excluding hydrogens is 430 g/mol. The van der Waals surface area contributed by atoms with E-state index in [1.807, 2.05) is 56.3 Å². The van der Waals surface area contributed by atoms with Crippen molar-refractivity contribution < 1.29 is 19.4 Å². The van der Waals surface area contributed by atoms with Gasteiger partial charge in [0.15, 0.2) is 0 Å². The van der Waals surface area contributed by atoms with Crippen molar-refractivity contribution in [3.8, 4) is 5.88 Å². The Hall–Kier alpha value is -3.19. The zero-order valence-electron chi connectivity index (χ0n) is 20.1. The lowest BCUT2D eigenvalue weighted by molar-refractivity contribution is -0.132. The van der Waals surface area contributed by atoms with Crippen molar-refractivity contribution in [2.45, 2.75) is 38.8 Å². The third kappa shape index (κ3) is 5.47. The van der Waals surface area contributed by atoms with Gasteiger partial charge in [-0.3, -0.25) is 9.59 Å². The number of amides is 2. The first-order valence-corrected chi connectivity index (χ1v) is 11.9. The van der Waals surface area contributed by atoms with Crippen LogP contribution < -0.4 is 4.74 Å². The highest BCUT2D eigenvalue weighted by Gasteiger charge is 2.37. The molecule has 7 nitrogen and oxygen atoms in total. The summed E-state index contributed by atoms with van der Waals surface area (Å²) in [5, 5.41) is 9.81. The van der Waals surface area contributed by atoms with Crippen LogP contribution in [0.4, 0.5) is 0 Å². The summed E-state index contributed by atoms with van der Waals surface area (Å²) in [5.74, 6) is 0.266. The van der Waals surface area contributed by atoms with Gasteiger partial charge in [-0.15, -0.1) is 0 Å². The summed E-state index contributed by atoms with van der Waals surface area (Å²) in [6, 6.07) is 11.3. The van der Waals surface area contributed by atoms with Gasteiger partial charge in [-0.25, -0.2) is 4.98 Å². The number of likely N-dealkylation sites (N-methyl/N-ethyl adjacent to an activating group) is 1. The summed E-state index contributed by atoms with van der Waals surface area (Å²) in [4.78, 5) is 34.0. The van der Waals surface area contributed by atoms with Crippen molar-refractivity contribution in [3.05, 3.63) is 59.3 Å². The van der Waals surface area contributed by atoms with Crippen LogP contribution in [0.5, 0.6) is 5.88 Å². The summed E-state index contributed by atoms with van der Waals surface area (Å²) >= 11 is 0. The van der Waals surface area contributed by atoms with E-state index in [2.05, 4.69) is 4.98 Å². The minimum atomic E-state index is -0.351. The van der Waals surface area contributed by atoms with E-state index in [0.29, 0.717) is 18.7 Å². The molecule has 2 aliphatic rings. The second-order valence-corrected chi connectivity index (χ2v) is 9.48. The summed E-state index contributed by atoms with van der Waals surface area (Å²) in [6.45, 7) is 4.53. The van der Waals surface area contributed by atoms with Gasteiger partial charge in [0.05, 0.1) is 19.2 Å². The Morgan fingerprint density at radius 1 is 1.26 bits per heavy atom. The van der Waals surface area contributed by atoms with Crippen LogP contribution in [0.2, 0.25) is 0 Å². The standard InChI is InChI=1S/C27H33N3O4/c1-18-15-30(19(2)17-31)27(33)23-13-21(10-9-20-7-5-4-6-8-20)14-28-25(23)34-24(18)16-29(3)26(32)22-11-12-22/h4-10,13-14,18-19,22,24,31H,11-12,15-17H2,1-3H3/b10-9+/t18-,19-,24-/m1/s1. The average molecular weight is 464 g/mol. The van der Waals surface area contributed by atoms with Gasteiger partial charge in [0.2, 0.25) is 11.8 Å². The SMILES string of the molecule is C[C@@H]1CN([C@H](C)CO)C(=O)c2cc(/C=C/c3ccccc3)cnc2O[C@@H]1CN(C)C(=O)C1CC1. The predicted octanol–water partition coefficient (Wildman–Crippen LogP) is 3.34. The molecule has 1 aliphatic carbocycles. The summed E-state index contributed by atoms with van der Waals surface area (Å²) in [6.07, 6.45) is 7.14. The number of hydrogen-bond acceptors (Lipinski definition) is 5. The van der Waals surface area contributed by atoms with Crippen LogP contribution in [0, 0.1) is 11.8 Å². The highest BCUT2D eigenvalue weighted by atomic mass is 16.5. The fraction of sp³-hybridized carbons (Fsp3) is 0.444. The number of ether oxygens (including phenoxy) is 1. The number of hydrogen-bond donors (Lipinski definition) is 1. The van der Waals surface area contributed by atoms with E-state index < -0.39 is 0 Å². The predicted molar refractivity (Wildman–Crippen MR) is 131 cm³/mol. The second-order valence-electron chi connectivity index (χ2n) is 9.48. The zero-order chi connectivity index (χ0) is 24.2. The third-order valence-electron chi connectivity index (χ3n) is 6.57. The van der Waals surface area contributed by atoms with Gasteiger partial charge in [-0.2, -0.15) is 0 Å². The topological polar surface area (TPSA) is 83.0 Å². The molecule has 2 amide bonds. The van der Waals surface area contributed by atoms with Crippen molar-refractivity contribution in [2.75, 3.05) is 26.7 Å². The average Bonchev–Trinajstić information content (AvgIpc) is 3.70. The molecule has 3 atom stereocenters. The molecule has 1 aromatic heterocycles. The van der Waals surface area contributed by atoms with Gasteiger partial charge in [0.1, 0.15) is 11.7 Å². The highest BCUT2D eigenvalue weighted by molar-refractivity contribution is 5.97. The van der Waals surface area contributed by atoms with Gasteiger partial charge in [-0.1, -0.05) is 49.4 Å². The maximum atomic E-state index is 13.5. The van der Waals surface area contributed by atoms with Crippen molar-refractivity contribution >= 4 is 24.0 Å². The molecule has 2 heterocycles. The molecule has 0 radical (unpaired) electrons. The van der Waals surface area contributed by atoms with E-state index in [9.17, 15) is 14.7 Å². The molecule has 1 aromatic carbocycles. The molecule has 0 spiro atoms. The Bertz CT molecular complexity index is 1050. The van der Waals surface area contributed by atoms with Crippen LogP contribution in [0.15, 0.2) is 42.6 Å². The van der Waals surface area contributed by atoms with Gasteiger partial charge >= 0.3 is 0 Å². The molecule has 2 aromatic rings. The Morgan fingerprint density at radius 3 is 2.65 bits per heavy atom.